The molecule has 7 nitrogen and oxygen atoms in total. The Bertz CT molecular complexity index is 1240. The molecule has 0 bridgehead atoms. The average Bonchev–Trinajstić information content (AvgIpc) is 3.33. The van der Waals surface area contributed by atoms with E-state index < -0.39 is 24.2 Å². The van der Waals surface area contributed by atoms with Crippen molar-refractivity contribution in [1.29, 1.82) is 0 Å². The first kappa shape index (κ1) is 22.4. The maximum absolute atomic E-state index is 14.2. The number of carbonyl (C=O) groups is 1. The fourth-order valence-corrected chi connectivity index (χ4v) is 3.92. The lowest BCUT2D eigenvalue weighted by Gasteiger charge is -2.29. The summed E-state index contributed by atoms with van der Waals surface area (Å²) in [6, 6.07) is 7.49. The standard InChI is InChI=1S/C19H10Cl3F3N4O3/c20-10-4-9(5-11(21)6-10)18(19(23,24)25)8-14(28-32-18)13-7-15(17(30)31)29(27-13)16-12(22)2-1-3-26-16/h1-7H,8H2,(H,30,31). The first-order valence-electron chi connectivity index (χ1n) is 8.75. The molecule has 3 heterocycles. The molecule has 166 valence electrons. The molecule has 1 aliphatic rings. The molecule has 0 amide bonds. The summed E-state index contributed by atoms with van der Waals surface area (Å²) in [5.41, 5.74) is -3.99. The smallest absolute Gasteiger partial charge is 0.435 e. The van der Waals surface area contributed by atoms with Crippen LogP contribution >= 0.6 is 34.8 Å². The minimum absolute atomic E-state index is 0.0129. The van der Waals surface area contributed by atoms with Crippen LogP contribution in [0.2, 0.25) is 15.1 Å². The topological polar surface area (TPSA) is 89.6 Å². The Balaban J connectivity index is 1.79. The molecule has 3 aromatic rings. The summed E-state index contributed by atoms with van der Waals surface area (Å²) in [6.07, 6.45) is -4.34. The number of hydrogen-bond acceptors (Lipinski definition) is 5. The summed E-state index contributed by atoms with van der Waals surface area (Å²) in [4.78, 5) is 20.6. The van der Waals surface area contributed by atoms with Gasteiger partial charge in [-0.25, -0.2) is 14.5 Å². The van der Waals surface area contributed by atoms with E-state index in [1.807, 2.05) is 0 Å². The van der Waals surface area contributed by atoms with Gasteiger partial charge in [-0.2, -0.15) is 18.3 Å². The lowest BCUT2D eigenvalue weighted by Crippen LogP contribution is -2.42. The number of nitrogens with zero attached hydrogens (tertiary/aromatic N) is 4. The second-order valence-corrected chi connectivity index (χ2v) is 8.01. The van der Waals surface area contributed by atoms with Crippen LogP contribution < -0.4 is 0 Å². The predicted molar refractivity (Wildman–Crippen MR) is 110 cm³/mol. The van der Waals surface area contributed by atoms with Crippen LogP contribution in [0.15, 0.2) is 47.8 Å². The number of rotatable bonds is 4. The first-order chi connectivity index (χ1) is 15.0. The van der Waals surface area contributed by atoms with Gasteiger partial charge in [-0.15, -0.1) is 0 Å². The van der Waals surface area contributed by atoms with Crippen molar-refractivity contribution in [3.8, 4) is 5.82 Å². The number of benzene rings is 1. The molecule has 4 rings (SSSR count). The maximum Gasteiger partial charge on any atom is 0.435 e. The van der Waals surface area contributed by atoms with Gasteiger partial charge in [0.25, 0.3) is 5.60 Å². The van der Waals surface area contributed by atoms with Crippen LogP contribution in [-0.2, 0) is 10.4 Å². The van der Waals surface area contributed by atoms with Crippen molar-refractivity contribution >= 4 is 46.5 Å². The second-order valence-electron chi connectivity index (χ2n) is 6.73. The van der Waals surface area contributed by atoms with E-state index in [1.54, 1.807) is 0 Å². The molecule has 1 aliphatic heterocycles. The Kier molecular flexibility index (Phi) is 5.56. The lowest BCUT2D eigenvalue weighted by atomic mass is 9.87. The van der Waals surface area contributed by atoms with Gasteiger partial charge in [-0.3, -0.25) is 0 Å². The van der Waals surface area contributed by atoms with Crippen molar-refractivity contribution < 1.29 is 27.9 Å². The summed E-state index contributed by atoms with van der Waals surface area (Å²) < 4.78 is 43.4. The largest absolute Gasteiger partial charge is 0.477 e. The third kappa shape index (κ3) is 3.78. The highest BCUT2D eigenvalue weighted by atomic mass is 35.5. The predicted octanol–water partition coefficient (Wildman–Crippen LogP) is 5.51. The van der Waals surface area contributed by atoms with Gasteiger partial charge in [0.15, 0.2) is 11.5 Å². The third-order valence-electron chi connectivity index (χ3n) is 4.68. The second kappa shape index (κ2) is 7.95. The van der Waals surface area contributed by atoms with Crippen LogP contribution in [0.4, 0.5) is 13.2 Å². The van der Waals surface area contributed by atoms with E-state index >= 15 is 0 Å². The zero-order valence-corrected chi connectivity index (χ0v) is 17.8. The number of alkyl halides is 3. The van der Waals surface area contributed by atoms with Crippen LogP contribution in [0, 0.1) is 0 Å². The summed E-state index contributed by atoms with van der Waals surface area (Å²) in [7, 11) is 0. The van der Waals surface area contributed by atoms with E-state index in [0.717, 1.165) is 22.9 Å². The lowest BCUT2D eigenvalue weighted by molar-refractivity contribution is -0.275. The summed E-state index contributed by atoms with van der Waals surface area (Å²) in [5.74, 6) is -1.41. The Morgan fingerprint density at radius 1 is 1.16 bits per heavy atom. The minimum atomic E-state index is -4.91. The quantitative estimate of drug-likeness (QED) is 0.505. The molecule has 0 spiro atoms. The van der Waals surface area contributed by atoms with E-state index in [2.05, 4.69) is 15.2 Å². The average molecular weight is 506 g/mol. The molecule has 1 atom stereocenters. The molecule has 0 saturated heterocycles. The molecular weight excluding hydrogens is 496 g/mol. The monoisotopic (exact) mass is 504 g/mol. The maximum atomic E-state index is 14.2. The Hall–Kier alpha value is -2.82. The molecule has 0 radical (unpaired) electrons. The van der Waals surface area contributed by atoms with Crippen LogP contribution in [0.3, 0.4) is 0 Å². The van der Waals surface area contributed by atoms with Gasteiger partial charge < -0.3 is 9.94 Å². The number of aromatic carboxylic acids is 1. The number of halogens is 6. The number of oxime groups is 1. The van der Waals surface area contributed by atoms with Gasteiger partial charge in [-0.05, 0) is 30.3 Å². The van der Waals surface area contributed by atoms with Crippen LogP contribution in [0.1, 0.15) is 28.2 Å². The minimum Gasteiger partial charge on any atom is -0.477 e. The highest BCUT2D eigenvalue weighted by Gasteiger charge is 2.62. The summed E-state index contributed by atoms with van der Waals surface area (Å²) in [6.45, 7) is 0. The number of aromatic nitrogens is 3. The molecule has 1 unspecified atom stereocenters. The number of hydrogen-bond donors (Lipinski definition) is 1. The van der Waals surface area contributed by atoms with Crippen molar-refractivity contribution in [2.45, 2.75) is 18.2 Å². The van der Waals surface area contributed by atoms with Gasteiger partial charge >= 0.3 is 12.1 Å². The van der Waals surface area contributed by atoms with Gasteiger partial charge in [0.05, 0.1) is 11.4 Å². The van der Waals surface area contributed by atoms with Crippen LogP contribution in [0.25, 0.3) is 5.82 Å². The molecule has 13 heteroatoms. The van der Waals surface area contributed by atoms with E-state index in [9.17, 15) is 23.1 Å². The van der Waals surface area contributed by atoms with Crippen molar-refractivity contribution in [1.82, 2.24) is 14.8 Å². The molecular formula is C19H10Cl3F3N4O3. The fraction of sp³-hybridized carbons (Fsp3) is 0.158. The molecule has 1 N–H and O–H groups in total. The normalized spacial score (nSPS) is 18.4. The van der Waals surface area contributed by atoms with Gasteiger partial charge in [0, 0.05) is 27.9 Å². The Morgan fingerprint density at radius 2 is 1.84 bits per heavy atom. The Labute approximate surface area is 193 Å². The highest BCUT2D eigenvalue weighted by Crippen LogP contribution is 2.49. The van der Waals surface area contributed by atoms with Crippen LogP contribution in [-0.4, -0.2) is 37.7 Å². The summed E-state index contributed by atoms with van der Waals surface area (Å²) in [5, 5.41) is 17.2. The third-order valence-corrected chi connectivity index (χ3v) is 5.41. The van der Waals surface area contributed by atoms with Crippen molar-refractivity contribution in [2.75, 3.05) is 0 Å². The fourth-order valence-electron chi connectivity index (χ4n) is 3.20. The molecule has 0 saturated carbocycles. The van der Waals surface area contributed by atoms with E-state index in [4.69, 9.17) is 39.6 Å². The van der Waals surface area contributed by atoms with Gasteiger partial charge in [0.2, 0.25) is 0 Å². The zero-order valence-electron chi connectivity index (χ0n) is 15.6. The number of pyridine rings is 1. The zero-order chi connectivity index (χ0) is 23.3. The van der Waals surface area contributed by atoms with E-state index in [-0.39, 0.29) is 43.5 Å². The molecule has 32 heavy (non-hydrogen) atoms. The molecule has 0 fully saturated rings. The van der Waals surface area contributed by atoms with Crippen molar-refractivity contribution in [2.24, 2.45) is 5.16 Å². The van der Waals surface area contributed by atoms with Crippen molar-refractivity contribution in [3.63, 3.8) is 0 Å². The number of carboxylic acid groups (broad SMARTS) is 1. The SMILES string of the molecule is O=C(O)c1cc(C2=NOC(c3cc(Cl)cc(Cl)c3)(C(F)(F)F)C2)nn1-c1ncccc1Cl. The highest BCUT2D eigenvalue weighted by molar-refractivity contribution is 6.34. The summed E-state index contributed by atoms with van der Waals surface area (Å²) >= 11 is 17.9. The van der Waals surface area contributed by atoms with Gasteiger partial charge in [-0.1, -0.05) is 40.0 Å². The number of carboxylic acids is 1. The molecule has 1 aromatic carbocycles. The van der Waals surface area contributed by atoms with E-state index in [0.29, 0.717) is 0 Å². The van der Waals surface area contributed by atoms with Crippen molar-refractivity contribution in [3.05, 3.63) is 74.6 Å². The van der Waals surface area contributed by atoms with Crippen LogP contribution in [0.5, 0.6) is 0 Å². The first-order valence-corrected chi connectivity index (χ1v) is 9.88. The molecule has 0 aliphatic carbocycles. The molecule has 2 aromatic heterocycles. The van der Waals surface area contributed by atoms with Gasteiger partial charge in [0.1, 0.15) is 11.4 Å². The van der Waals surface area contributed by atoms with E-state index in [1.165, 1.54) is 24.4 Å². The Morgan fingerprint density at radius 3 is 2.44 bits per heavy atom.